The minimum Gasteiger partial charge on any atom is -0.495 e. The van der Waals surface area contributed by atoms with Gasteiger partial charge in [-0.3, -0.25) is 0 Å². The molecule has 2 nitrogen and oxygen atoms in total. The summed E-state index contributed by atoms with van der Waals surface area (Å²) in [5.41, 5.74) is 1.04. The first-order valence-electron chi connectivity index (χ1n) is 6.67. The number of hydrogen-bond acceptors (Lipinski definition) is 2. The largest absolute Gasteiger partial charge is 0.495 e. The molecule has 3 atom stereocenters. The molecule has 1 saturated carbocycles. The minimum atomic E-state index is -0.726. The molecule has 0 amide bonds. The second-order valence-corrected chi connectivity index (χ2v) is 6.60. The molecule has 94 valence electrons. The minimum absolute atomic E-state index is 0.229. The lowest BCUT2D eigenvalue weighted by Gasteiger charge is -2.54. The standard InChI is InChI=1S/C15H22O2/c1-10-7-11-8-14(2,3)12(10)9-15(11,16)13-5-4-6-17-13/h5,7,11-12,16H,4,6,8-9H2,1-3H3/t11-,12-,15+/m0/s1. The van der Waals surface area contributed by atoms with E-state index >= 15 is 0 Å². The first kappa shape index (κ1) is 11.3. The molecule has 3 aliphatic carbocycles. The predicted octanol–water partition coefficient (Wildman–Crippen LogP) is 3.03. The van der Waals surface area contributed by atoms with Crippen LogP contribution < -0.4 is 0 Å². The van der Waals surface area contributed by atoms with Crippen molar-refractivity contribution < 1.29 is 9.84 Å². The highest BCUT2D eigenvalue weighted by molar-refractivity contribution is 5.31. The Labute approximate surface area is 103 Å². The van der Waals surface area contributed by atoms with E-state index in [9.17, 15) is 5.11 Å². The molecule has 0 saturated heterocycles. The van der Waals surface area contributed by atoms with Gasteiger partial charge in [-0.2, -0.15) is 0 Å². The lowest BCUT2D eigenvalue weighted by molar-refractivity contribution is -0.0935. The monoisotopic (exact) mass is 234 g/mol. The summed E-state index contributed by atoms with van der Waals surface area (Å²) in [4.78, 5) is 0. The number of rotatable bonds is 1. The van der Waals surface area contributed by atoms with Gasteiger partial charge in [0.15, 0.2) is 0 Å². The summed E-state index contributed by atoms with van der Waals surface area (Å²) in [6, 6.07) is 0. The van der Waals surface area contributed by atoms with E-state index in [1.807, 2.05) is 0 Å². The van der Waals surface area contributed by atoms with Gasteiger partial charge in [0, 0.05) is 12.3 Å². The Balaban J connectivity index is 1.98. The van der Waals surface area contributed by atoms with Crippen molar-refractivity contribution in [3.8, 4) is 0 Å². The Hall–Kier alpha value is -0.760. The molecule has 0 spiro atoms. The number of ether oxygens (including phenoxy) is 1. The summed E-state index contributed by atoms with van der Waals surface area (Å²) < 4.78 is 5.63. The molecular formula is C15H22O2. The normalized spacial score (nSPS) is 43.1. The number of allylic oxidation sites excluding steroid dienone is 1. The van der Waals surface area contributed by atoms with E-state index in [1.165, 1.54) is 5.57 Å². The van der Waals surface area contributed by atoms with Crippen LogP contribution in [0.15, 0.2) is 23.5 Å². The van der Waals surface area contributed by atoms with Crippen LogP contribution in [-0.4, -0.2) is 17.3 Å². The second-order valence-electron chi connectivity index (χ2n) is 6.60. The zero-order valence-electron chi connectivity index (χ0n) is 11.0. The van der Waals surface area contributed by atoms with Gasteiger partial charge >= 0.3 is 0 Å². The Morgan fingerprint density at radius 1 is 1.35 bits per heavy atom. The first-order chi connectivity index (χ1) is 7.93. The van der Waals surface area contributed by atoms with Gasteiger partial charge in [-0.05, 0) is 37.2 Å². The average molecular weight is 234 g/mol. The molecule has 2 bridgehead atoms. The van der Waals surface area contributed by atoms with E-state index in [4.69, 9.17) is 4.74 Å². The molecule has 0 aromatic heterocycles. The van der Waals surface area contributed by atoms with Crippen molar-refractivity contribution in [2.24, 2.45) is 17.3 Å². The molecule has 1 N–H and O–H groups in total. The molecule has 4 rings (SSSR count). The van der Waals surface area contributed by atoms with E-state index in [0.29, 0.717) is 11.3 Å². The van der Waals surface area contributed by atoms with Crippen molar-refractivity contribution >= 4 is 0 Å². The maximum atomic E-state index is 11.0. The Morgan fingerprint density at radius 3 is 2.65 bits per heavy atom. The van der Waals surface area contributed by atoms with Gasteiger partial charge < -0.3 is 9.84 Å². The molecule has 1 heterocycles. The van der Waals surface area contributed by atoms with E-state index in [2.05, 4.69) is 32.9 Å². The lowest BCUT2D eigenvalue weighted by Crippen LogP contribution is -2.53. The molecular weight excluding hydrogens is 212 g/mol. The summed E-state index contributed by atoms with van der Waals surface area (Å²) in [7, 11) is 0. The zero-order chi connectivity index (χ0) is 12.3. The quantitative estimate of drug-likeness (QED) is 0.707. The summed E-state index contributed by atoms with van der Waals surface area (Å²) in [6.07, 6.45) is 7.20. The fourth-order valence-corrected chi connectivity index (χ4v) is 4.03. The number of fused-ring (bicyclic) bond motifs is 2. The van der Waals surface area contributed by atoms with Crippen LogP contribution in [-0.2, 0) is 4.74 Å². The molecule has 0 unspecified atom stereocenters. The Bertz CT molecular complexity index is 405. The molecule has 2 heteroatoms. The van der Waals surface area contributed by atoms with Gasteiger partial charge in [0.25, 0.3) is 0 Å². The highest BCUT2D eigenvalue weighted by Crippen LogP contribution is 2.57. The van der Waals surface area contributed by atoms with Gasteiger partial charge in [-0.1, -0.05) is 25.5 Å². The van der Waals surface area contributed by atoms with Gasteiger partial charge in [-0.25, -0.2) is 0 Å². The fourth-order valence-electron chi connectivity index (χ4n) is 4.03. The maximum Gasteiger partial charge on any atom is 0.128 e. The van der Waals surface area contributed by atoms with Crippen LogP contribution in [0.25, 0.3) is 0 Å². The van der Waals surface area contributed by atoms with Crippen molar-refractivity contribution in [2.45, 2.75) is 45.6 Å². The van der Waals surface area contributed by atoms with E-state index in [-0.39, 0.29) is 5.92 Å². The van der Waals surface area contributed by atoms with Crippen LogP contribution in [0.4, 0.5) is 0 Å². The van der Waals surface area contributed by atoms with Crippen molar-refractivity contribution in [3.05, 3.63) is 23.5 Å². The molecule has 1 fully saturated rings. The third-order valence-corrected chi connectivity index (χ3v) is 4.96. The van der Waals surface area contributed by atoms with Crippen LogP contribution in [0.1, 0.15) is 40.0 Å². The van der Waals surface area contributed by atoms with Crippen LogP contribution >= 0.6 is 0 Å². The molecule has 4 aliphatic rings. The van der Waals surface area contributed by atoms with Gasteiger partial charge in [0.1, 0.15) is 11.4 Å². The highest BCUT2D eigenvalue weighted by atomic mass is 16.5. The Kier molecular flexibility index (Phi) is 2.25. The second kappa shape index (κ2) is 3.38. The van der Waals surface area contributed by atoms with Gasteiger partial charge in [0.2, 0.25) is 0 Å². The maximum absolute atomic E-state index is 11.0. The van der Waals surface area contributed by atoms with Crippen molar-refractivity contribution in [1.29, 1.82) is 0 Å². The highest BCUT2D eigenvalue weighted by Gasteiger charge is 2.55. The molecule has 0 aromatic carbocycles. The molecule has 1 aliphatic heterocycles. The van der Waals surface area contributed by atoms with Crippen molar-refractivity contribution in [1.82, 2.24) is 0 Å². The van der Waals surface area contributed by atoms with Crippen LogP contribution in [0, 0.1) is 17.3 Å². The summed E-state index contributed by atoms with van der Waals surface area (Å²) in [6.45, 7) is 7.60. The van der Waals surface area contributed by atoms with Crippen LogP contribution in [0.2, 0.25) is 0 Å². The first-order valence-corrected chi connectivity index (χ1v) is 6.67. The average Bonchev–Trinajstić information content (AvgIpc) is 2.74. The summed E-state index contributed by atoms with van der Waals surface area (Å²) >= 11 is 0. The molecule has 0 aromatic rings. The Morgan fingerprint density at radius 2 is 2.12 bits per heavy atom. The van der Waals surface area contributed by atoms with Gasteiger partial charge in [0.05, 0.1) is 6.61 Å². The van der Waals surface area contributed by atoms with Crippen molar-refractivity contribution in [2.75, 3.05) is 6.61 Å². The third-order valence-electron chi connectivity index (χ3n) is 4.96. The van der Waals surface area contributed by atoms with Gasteiger partial charge in [-0.15, -0.1) is 0 Å². The molecule has 0 radical (unpaired) electrons. The van der Waals surface area contributed by atoms with Crippen LogP contribution in [0.5, 0.6) is 0 Å². The van der Waals surface area contributed by atoms with E-state index < -0.39 is 5.60 Å². The summed E-state index contributed by atoms with van der Waals surface area (Å²) in [5.74, 6) is 1.56. The fraction of sp³-hybridized carbons (Fsp3) is 0.733. The van der Waals surface area contributed by atoms with Crippen LogP contribution in [0.3, 0.4) is 0 Å². The number of aliphatic hydroxyl groups is 1. The van der Waals surface area contributed by atoms with Crippen molar-refractivity contribution in [3.63, 3.8) is 0 Å². The molecule has 17 heavy (non-hydrogen) atoms. The lowest BCUT2D eigenvalue weighted by atomic mass is 9.52. The number of hydrogen-bond donors (Lipinski definition) is 1. The topological polar surface area (TPSA) is 29.5 Å². The zero-order valence-corrected chi connectivity index (χ0v) is 11.0. The van der Waals surface area contributed by atoms with E-state index in [1.54, 1.807) is 0 Å². The van der Waals surface area contributed by atoms with E-state index in [0.717, 1.165) is 31.6 Å². The SMILES string of the molecule is CC1=C[C@H]2CC(C)(C)[C@H]1C[C@]2(O)C1=CCCO1. The predicted molar refractivity (Wildman–Crippen MR) is 67.4 cm³/mol. The third kappa shape index (κ3) is 1.50. The smallest absolute Gasteiger partial charge is 0.128 e. The summed E-state index contributed by atoms with van der Waals surface area (Å²) in [5, 5.41) is 11.0.